The van der Waals surface area contributed by atoms with Crippen molar-refractivity contribution in [2.24, 2.45) is 0 Å². The van der Waals surface area contributed by atoms with E-state index in [1.807, 2.05) is 0 Å². The standard InChI is InChI=1S/C20H14F2N2O4/c21-20(22)28-16-4-2-1-3-11(16)9-12-7-8-24-17(12)23-15-10-13(19(26)27)5-6-14(15)18(24)25/h1-6,9-10,20H,7-8H2,(H,26,27)/p-1/b12-9+. The first-order valence-corrected chi connectivity index (χ1v) is 8.45. The van der Waals surface area contributed by atoms with Crippen molar-refractivity contribution in [2.45, 2.75) is 19.6 Å². The van der Waals surface area contributed by atoms with Crippen molar-refractivity contribution >= 4 is 28.5 Å². The number of carboxylic acids is 1. The van der Waals surface area contributed by atoms with E-state index in [1.165, 1.54) is 28.8 Å². The molecule has 0 N–H and O–H groups in total. The predicted octanol–water partition coefficient (Wildman–Crippen LogP) is 2.31. The fourth-order valence-electron chi connectivity index (χ4n) is 3.27. The third kappa shape index (κ3) is 3.13. The summed E-state index contributed by atoms with van der Waals surface area (Å²) in [5.41, 5.74) is 0.976. The number of allylic oxidation sites excluding steroid dienone is 1. The molecular formula is C20H13F2N2O4-. The number of aromatic nitrogens is 2. The van der Waals surface area contributed by atoms with Gasteiger partial charge < -0.3 is 14.6 Å². The number of hydrogen-bond acceptors (Lipinski definition) is 5. The topological polar surface area (TPSA) is 84.2 Å². The van der Waals surface area contributed by atoms with E-state index in [0.717, 1.165) is 0 Å². The molecule has 0 saturated heterocycles. The highest BCUT2D eigenvalue weighted by Gasteiger charge is 2.21. The molecule has 142 valence electrons. The lowest BCUT2D eigenvalue weighted by atomic mass is 10.1. The monoisotopic (exact) mass is 383 g/mol. The summed E-state index contributed by atoms with van der Waals surface area (Å²) >= 11 is 0. The minimum Gasteiger partial charge on any atom is -0.545 e. The van der Waals surface area contributed by atoms with Gasteiger partial charge in [-0.2, -0.15) is 8.78 Å². The SMILES string of the molecule is O=C([O-])c1ccc2c(=O)n3c(nc2c1)/C(=C/c1ccccc1OC(F)F)CC3. The van der Waals surface area contributed by atoms with Gasteiger partial charge in [0.1, 0.15) is 11.6 Å². The molecule has 0 unspecified atom stereocenters. The van der Waals surface area contributed by atoms with E-state index in [0.29, 0.717) is 35.3 Å². The van der Waals surface area contributed by atoms with E-state index in [2.05, 4.69) is 9.72 Å². The second kappa shape index (κ2) is 6.88. The van der Waals surface area contributed by atoms with Crippen molar-refractivity contribution in [1.82, 2.24) is 9.55 Å². The Kier molecular flexibility index (Phi) is 4.38. The highest BCUT2D eigenvalue weighted by atomic mass is 19.3. The molecule has 0 atom stereocenters. The Morgan fingerprint density at radius 3 is 2.79 bits per heavy atom. The van der Waals surface area contributed by atoms with Gasteiger partial charge in [0.05, 0.1) is 16.9 Å². The molecule has 2 aromatic carbocycles. The van der Waals surface area contributed by atoms with Crippen molar-refractivity contribution in [2.75, 3.05) is 0 Å². The number of benzene rings is 2. The molecule has 0 saturated carbocycles. The van der Waals surface area contributed by atoms with Crippen LogP contribution in [0.4, 0.5) is 8.78 Å². The van der Waals surface area contributed by atoms with Crippen LogP contribution in [0.2, 0.25) is 0 Å². The lowest BCUT2D eigenvalue weighted by molar-refractivity contribution is -0.255. The Labute approximate surface area is 157 Å². The maximum Gasteiger partial charge on any atom is 0.387 e. The molecule has 8 heteroatoms. The first-order chi connectivity index (χ1) is 13.4. The Hall–Kier alpha value is -3.55. The highest BCUT2D eigenvalue weighted by molar-refractivity contribution is 5.92. The van der Waals surface area contributed by atoms with Crippen molar-refractivity contribution in [1.29, 1.82) is 0 Å². The number of hydrogen-bond donors (Lipinski definition) is 0. The molecule has 0 radical (unpaired) electrons. The minimum atomic E-state index is -2.96. The predicted molar refractivity (Wildman–Crippen MR) is 95.9 cm³/mol. The van der Waals surface area contributed by atoms with Crippen molar-refractivity contribution < 1.29 is 23.4 Å². The summed E-state index contributed by atoms with van der Waals surface area (Å²) in [7, 11) is 0. The van der Waals surface area contributed by atoms with Gasteiger partial charge in [-0.25, -0.2) is 4.98 Å². The lowest BCUT2D eigenvalue weighted by Gasteiger charge is -2.09. The summed E-state index contributed by atoms with van der Waals surface area (Å²) < 4.78 is 31.3. The van der Waals surface area contributed by atoms with E-state index in [-0.39, 0.29) is 22.4 Å². The Morgan fingerprint density at radius 2 is 2.04 bits per heavy atom. The van der Waals surface area contributed by atoms with Crippen LogP contribution in [0.1, 0.15) is 28.2 Å². The molecular weight excluding hydrogens is 370 g/mol. The Balaban J connectivity index is 1.85. The maximum absolute atomic E-state index is 12.7. The van der Waals surface area contributed by atoms with Gasteiger partial charge in [-0.3, -0.25) is 9.36 Å². The number of carboxylic acid groups (broad SMARTS) is 1. The van der Waals surface area contributed by atoms with Gasteiger partial charge >= 0.3 is 6.61 Å². The number of aromatic carboxylic acids is 1. The number of alkyl halides is 2. The highest BCUT2D eigenvalue weighted by Crippen LogP contribution is 2.31. The van der Waals surface area contributed by atoms with E-state index < -0.39 is 12.6 Å². The average molecular weight is 383 g/mol. The fraction of sp³-hybridized carbons (Fsp3) is 0.150. The van der Waals surface area contributed by atoms with E-state index >= 15 is 0 Å². The summed E-state index contributed by atoms with van der Waals surface area (Å²) in [6, 6.07) is 10.3. The quantitative estimate of drug-likeness (QED) is 0.690. The van der Waals surface area contributed by atoms with Crippen LogP contribution in [0.15, 0.2) is 47.3 Å². The van der Waals surface area contributed by atoms with Gasteiger partial charge in [-0.15, -0.1) is 0 Å². The van der Waals surface area contributed by atoms with Crippen LogP contribution in [0.5, 0.6) is 5.75 Å². The molecule has 1 aromatic heterocycles. The van der Waals surface area contributed by atoms with Gasteiger partial charge in [-0.05, 0) is 41.8 Å². The third-order valence-electron chi connectivity index (χ3n) is 4.55. The van der Waals surface area contributed by atoms with Crippen LogP contribution in [0.3, 0.4) is 0 Å². The molecule has 0 amide bonds. The zero-order chi connectivity index (χ0) is 19.8. The van der Waals surface area contributed by atoms with Crippen LogP contribution < -0.4 is 15.4 Å². The first-order valence-electron chi connectivity index (χ1n) is 8.45. The fourth-order valence-corrected chi connectivity index (χ4v) is 3.27. The second-order valence-corrected chi connectivity index (χ2v) is 6.25. The van der Waals surface area contributed by atoms with Gasteiger partial charge in [-0.1, -0.05) is 24.3 Å². The molecule has 4 rings (SSSR count). The normalized spacial score (nSPS) is 14.6. The molecule has 1 aliphatic heterocycles. The van der Waals surface area contributed by atoms with Gasteiger partial charge in [0.2, 0.25) is 0 Å². The first kappa shape index (κ1) is 17.8. The van der Waals surface area contributed by atoms with Crippen molar-refractivity contribution in [3.63, 3.8) is 0 Å². The van der Waals surface area contributed by atoms with E-state index in [1.54, 1.807) is 24.3 Å². The number of fused-ring (bicyclic) bond motifs is 2. The Bertz CT molecular complexity index is 1180. The smallest absolute Gasteiger partial charge is 0.387 e. The summed E-state index contributed by atoms with van der Waals surface area (Å²) in [6.07, 6.45) is 2.13. The lowest BCUT2D eigenvalue weighted by Crippen LogP contribution is -2.23. The number of carbonyl (C=O) groups is 1. The third-order valence-corrected chi connectivity index (χ3v) is 4.55. The van der Waals surface area contributed by atoms with Crippen LogP contribution >= 0.6 is 0 Å². The van der Waals surface area contributed by atoms with Crippen LogP contribution in [0.25, 0.3) is 22.6 Å². The number of halogens is 2. The number of para-hydroxylation sites is 1. The van der Waals surface area contributed by atoms with E-state index in [4.69, 9.17) is 0 Å². The average Bonchev–Trinajstić information content (AvgIpc) is 3.05. The summed E-state index contributed by atoms with van der Waals surface area (Å²) in [5.74, 6) is -0.969. The maximum atomic E-state index is 12.7. The van der Waals surface area contributed by atoms with Crippen molar-refractivity contribution in [3.05, 3.63) is 69.8 Å². The Morgan fingerprint density at radius 1 is 1.25 bits per heavy atom. The summed E-state index contributed by atoms with van der Waals surface area (Å²) in [4.78, 5) is 28.2. The number of carbonyl (C=O) groups excluding carboxylic acids is 1. The zero-order valence-electron chi connectivity index (χ0n) is 14.4. The molecule has 3 aromatic rings. The number of nitrogens with zero attached hydrogens (tertiary/aromatic N) is 2. The van der Waals surface area contributed by atoms with Gasteiger partial charge in [0, 0.05) is 12.1 Å². The zero-order valence-corrected chi connectivity index (χ0v) is 14.4. The molecule has 2 heterocycles. The molecule has 1 aliphatic rings. The minimum absolute atomic E-state index is 0.0193. The molecule has 0 bridgehead atoms. The van der Waals surface area contributed by atoms with Crippen LogP contribution in [-0.4, -0.2) is 22.1 Å². The van der Waals surface area contributed by atoms with Crippen LogP contribution in [0, 0.1) is 0 Å². The second-order valence-electron chi connectivity index (χ2n) is 6.25. The van der Waals surface area contributed by atoms with Gasteiger partial charge in [0.25, 0.3) is 5.56 Å². The molecule has 0 aliphatic carbocycles. The molecule has 6 nitrogen and oxygen atoms in total. The van der Waals surface area contributed by atoms with Crippen molar-refractivity contribution in [3.8, 4) is 5.75 Å². The molecule has 28 heavy (non-hydrogen) atoms. The molecule has 0 spiro atoms. The largest absolute Gasteiger partial charge is 0.545 e. The number of rotatable bonds is 4. The van der Waals surface area contributed by atoms with Crippen LogP contribution in [-0.2, 0) is 6.54 Å². The summed E-state index contributed by atoms with van der Waals surface area (Å²) in [6.45, 7) is -2.56. The molecule has 0 fully saturated rings. The van der Waals surface area contributed by atoms with E-state index in [9.17, 15) is 23.5 Å². The number of ether oxygens (including phenoxy) is 1. The summed E-state index contributed by atoms with van der Waals surface area (Å²) in [5, 5.41) is 11.4. The van der Waals surface area contributed by atoms with Gasteiger partial charge in [0.15, 0.2) is 0 Å².